The smallest absolute Gasteiger partial charge is 0.164 e. The molecule has 0 fully saturated rings. The van der Waals surface area contributed by atoms with E-state index in [0.29, 0.717) is 17.5 Å². The van der Waals surface area contributed by atoms with Crippen LogP contribution in [0.4, 0.5) is 0 Å². The quantitative estimate of drug-likeness (QED) is 0.222. The van der Waals surface area contributed by atoms with Gasteiger partial charge in [-0.25, -0.2) is 15.0 Å². The van der Waals surface area contributed by atoms with Gasteiger partial charge in [-0.3, -0.25) is 0 Å². The van der Waals surface area contributed by atoms with E-state index in [1.807, 2.05) is 72.4 Å². The van der Waals surface area contributed by atoms with Crippen molar-refractivity contribution in [1.29, 1.82) is 0 Å². The van der Waals surface area contributed by atoms with Crippen LogP contribution >= 0.6 is 11.8 Å². The summed E-state index contributed by atoms with van der Waals surface area (Å²) in [7, 11) is 0. The number of benzene rings is 6. The van der Waals surface area contributed by atoms with Crippen LogP contribution in [0, 0.1) is 0 Å². The van der Waals surface area contributed by atoms with E-state index in [4.69, 9.17) is 15.0 Å². The Balaban J connectivity index is 1.38. The predicted octanol–water partition coefficient (Wildman–Crippen LogP) is 9.82. The third-order valence-electron chi connectivity index (χ3n) is 7.54. The van der Waals surface area contributed by atoms with Crippen molar-refractivity contribution in [2.75, 3.05) is 0 Å². The third kappa shape index (κ3) is 4.12. The first-order valence-electron chi connectivity index (χ1n) is 13.6. The van der Waals surface area contributed by atoms with E-state index in [9.17, 15) is 0 Å². The van der Waals surface area contributed by atoms with E-state index in [-0.39, 0.29) is 0 Å². The molecular weight excluding hydrogens is 518 g/mol. The number of hydrogen-bond donors (Lipinski definition) is 0. The van der Waals surface area contributed by atoms with E-state index < -0.39 is 0 Å². The maximum absolute atomic E-state index is 5.06. The molecule has 0 amide bonds. The lowest BCUT2D eigenvalue weighted by atomic mass is 9.90. The molecule has 41 heavy (non-hydrogen) atoms. The van der Waals surface area contributed by atoms with Gasteiger partial charge in [0.05, 0.1) is 0 Å². The number of aromatic nitrogens is 3. The van der Waals surface area contributed by atoms with E-state index in [1.165, 1.54) is 42.8 Å². The van der Waals surface area contributed by atoms with Crippen molar-refractivity contribution in [2.24, 2.45) is 0 Å². The van der Waals surface area contributed by atoms with Gasteiger partial charge in [0.2, 0.25) is 0 Å². The molecule has 192 valence electrons. The van der Waals surface area contributed by atoms with Gasteiger partial charge in [0.15, 0.2) is 17.5 Å². The summed E-state index contributed by atoms with van der Waals surface area (Å²) in [5.41, 5.74) is 7.78. The molecule has 2 heterocycles. The zero-order valence-electron chi connectivity index (χ0n) is 22.0. The van der Waals surface area contributed by atoms with Crippen LogP contribution in [0.5, 0.6) is 0 Å². The van der Waals surface area contributed by atoms with Crippen molar-refractivity contribution >= 4 is 22.5 Å². The van der Waals surface area contributed by atoms with Gasteiger partial charge in [-0.15, -0.1) is 0 Å². The van der Waals surface area contributed by atoms with E-state index in [2.05, 4.69) is 78.9 Å². The molecule has 0 radical (unpaired) electrons. The molecule has 0 saturated carbocycles. The van der Waals surface area contributed by atoms with Crippen molar-refractivity contribution in [2.45, 2.75) is 9.79 Å². The molecule has 0 atom stereocenters. The van der Waals surface area contributed by atoms with Gasteiger partial charge < -0.3 is 0 Å². The zero-order chi connectivity index (χ0) is 27.2. The second kappa shape index (κ2) is 9.84. The molecule has 6 aromatic carbocycles. The molecule has 1 aliphatic heterocycles. The Morgan fingerprint density at radius 2 is 0.927 bits per heavy atom. The van der Waals surface area contributed by atoms with E-state index >= 15 is 0 Å². The molecule has 0 saturated heterocycles. The SMILES string of the molecule is c1ccc(-c2nc(-c3ccccc3)nc(-c3cccc4c3-c3cccc5c(-c6ccccc6)ccc(c35)S4)n2)cc1. The van der Waals surface area contributed by atoms with Crippen molar-refractivity contribution < 1.29 is 0 Å². The molecule has 0 spiro atoms. The van der Waals surface area contributed by atoms with Crippen LogP contribution in [0.2, 0.25) is 0 Å². The molecule has 4 heteroatoms. The van der Waals surface area contributed by atoms with Gasteiger partial charge in [0.1, 0.15) is 0 Å². The lowest BCUT2D eigenvalue weighted by molar-refractivity contribution is 1.07. The molecule has 3 nitrogen and oxygen atoms in total. The number of hydrogen-bond acceptors (Lipinski definition) is 4. The summed E-state index contributed by atoms with van der Waals surface area (Å²) in [4.78, 5) is 17.5. The van der Waals surface area contributed by atoms with Gasteiger partial charge >= 0.3 is 0 Å². The van der Waals surface area contributed by atoms with Crippen molar-refractivity contribution in [3.63, 3.8) is 0 Å². The fourth-order valence-corrected chi connectivity index (χ4v) is 6.83. The molecule has 8 rings (SSSR count). The molecular formula is C37H23N3S. The summed E-state index contributed by atoms with van der Waals surface area (Å²) >= 11 is 1.82. The van der Waals surface area contributed by atoms with Crippen LogP contribution in [-0.4, -0.2) is 15.0 Å². The van der Waals surface area contributed by atoms with Crippen LogP contribution in [0.1, 0.15) is 0 Å². The molecule has 0 aliphatic carbocycles. The highest BCUT2D eigenvalue weighted by molar-refractivity contribution is 7.99. The Labute approximate surface area is 242 Å². The van der Waals surface area contributed by atoms with Crippen LogP contribution in [0.3, 0.4) is 0 Å². The van der Waals surface area contributed by atoms with Crippen molar-refractivity contribution in [1.82, 2.24) is 15.0 Å². The van der Waals surface area contributed by atoms with Gasteiger partial charge in [0.25, 0.3) is 0 Å². The maximum Gasteiger partial charge on any atom is 0.164 e. The fraction of sp³-hybridized carbons (Fsp3) is 0. The second-order valence-electron chi connectivity index (χ2n) is 10.0. The minimum Gasteiger partial charge on any atom is -0.208 e. The Kier molecular flexibility index (Phi) is 5.71. The maximum atomic E-state index is 5.06. The average molecular weight is 542 g/mol. The molecule has 0 bridgehead atoms. The highest BCUT2D eigenvalue weighted by atomic mass is 32.2. The minimum atomic E-state index is 0.667. The summed E-state index contributed by atoms with van der Waals surface area (Å²) in [6, 6.07) is 48.5. The highest BCUT2D eigenvalue weighted by Gasteiger charge is 2.25. The van der Waals surface area contributed by atoms with Gasteiger partial charge in [0, 0.05) is 37.4 Å². The Bertz CT molecular complexity index is 2000. The average Bonchev–Trinajstić information content (AvgIpc) is 3.06. The largest absolute Gasteiger partial charge is 0.208 e. The van der Waals surface area contributed by atoms with Gasteiger partial charge in [-0.2, -0.15) is 0 Å². The van der Waals surface area contributed by atoms with Crippen LogP contribution in [0.15, 0.2) is 149 Å². The first-order valence-corrected chi connectivity index (χ1v) is 14.4. The second-order valence-corrected chi connectivity index (χ2v) is 11.1. The summed E-state index contributed by atoms with van der Waals surface area (Å²) in [5.74, 6) is 2.01. The monoisotopic (exact) mass is 541 g/mol. The van der Waals surface area contributed by atoms with Crippen LogP contribution in [0.25, 0.3) is 67.2 Å². The van der Waals surface area contributed by atoms with Gasteiger partial charge in [-0.1, -0.05) is 139 Å². The fourth-order valence-electron chi connectivity index (χ4n) is 5.67. The Morgan fingerprint density at radius 1 is 0.366 bits per heavy atom. The molecule has 0 N–H and O–H groups in total. The lowest BCUT2D eigenvalue weighted by Crippen LogP contribution is -2.02. The Morgan fingerprint density at radius 3 is 1.59 bits per heavy atom. The number of rotatable bonds is 4. The summed E-state index contributed by atoms with van der Waals surface area (Å²) in [6.45, 7) is 0. The van der Waals surface area contributed by atoms with Crippen LogP contribution < -0.4 is 0 Å². The van der Waals surface area contributed by atoms with Gasteiger partial charge in [-0.05, 0) is 34.2 Å². The highest BCUT2D eigenvalue weighted by Crippen LogP contribution is 2.52. The number of fused-ring (bicyclic) bond motifs is 2. The molecule has 1 aromatic heterocycles. The van der Waals surface area contributed by atoms with Crippen molar-refractivity contribution in [3.05, 3.63) is 140 Å². The summed E-state index contributed by atoms with van der Waals surface area (Å²) < 4.78 is 0. The zero-order valence-corrected chi connectivity index (χ0v) is 22.8. The molecule has 7 aromatic rings. The predicted molar refractivity (Wildman–Crippen MR) is 169 cm³/mol. The molecule has 0 unspecified atom stereocenters. The third-order valence-corrected chi connectivity index (χ3v) is 8.66. The van der Waals surface area contributed by atoms with Crippen molar-refractivity contribution in [3.8, 4) is 56.4 Å². The summed E-state index contributed by atoms with van der Waals surface area (Å²) in [6.07, 6.45) is 0. The number of nitrogens with zero attached hydrogens (tertiary/aromatic N) is 3. The minimum absolute atomic E-state index is 0.667. The van der Waals surface area contributed by atoms with Crippen LogP contribution in [-0.2, 0) is 0 Å². The first kappa shape index (κ1) is 23.8. The van der Waals surface area contributed by atoms with E-state index in [0.717, 1.165) is 16.7 Å². The lowest BCUT2D eigenvalue weighted by Gasteiger charge is -2.24. The first-order chi connectivity index (χ1) is 20.3. The molecule has 1 aliphatic rings. The van der Waals surface area contributed by atoms with E-state index in [1.54, 1.807) is 0 Å². The Hall–Kier alpha value is -5.06. The normalized spacial score (nSPS) is 11.8. The summed E-state index contributed by atoms with van der Waals surface area (Å²) in [5, 5.41) is 2.53. The standard InChI is InChI=1S/C37H23N3S/c1-4-12-24(13-5-1)27-22-23-32-33-28(27)18-10-19-29(33)34-30(20-11-21-31(34)41-32)37-39-35(25-14-6-2-7-15-25)38-36(40-37)26-16-8-3-9-17-26/h1-23H. The topological polar surface area (TPSA) is 38.7 Å².